The minimum atomic E-state index is -3.05. The van der Waals surface area contributed by atoms with E-state index in [1.807, 2.05) is 0 Å². The van der Waals surface area contributed by atoms with Crippen molar-refractivity contribution in [2.24, 2.45) is 5.73 Å². The first-order chi connectivity index (χ1) is 8.96. The van der Waals surface area contributed by atoms with Crippen molar-refractivity contribution in [2.75, 3.05) is 12.0 Å². The molecular formula is C11H14N4O3S. The monoisotopic (exact) mass is 282 g/mol. The summed E-state index contributed by atoms with van der Waals surface area (Å²) in [7, 11) is -3.05. The molecule has 0 spiro atoms. The van der Waals surface area contributed by atoms with Gasteiger partial charge < -0.3 is 10.3 Å². The van der Waals surface area contributed by atoms with Gasteiger partial charge in [-0.25, -0.2) is 8.42 Å². The van der Waals surface area contributed by atoms with E-state index in [9.17, 15) is 8.42 Å². The van der Waals surface area contributed by atoms with Crippen molar-refractivity contribution in [1.82, 2.24) is 15.1 Å². The highest BCUT2D eigenvalue weighted by Gasteiger charge is 2.17. The van der Waals surface area contributed by atoms with Gasteiger partial charge in [-0.2, -0.15) is 4.98 Å². The number of aromatic nitrogens is 3. The summed E-state index contributed by atoms with van der Waals surface area (Å²) in [6.07, 6.45) is 4.65. The van der Waals surface area contributed by atoms with Crippen molar-refractivity contribution in [3.05, 3.63) is 30.4 Å². The van der Waals surface area contributed by atoms with E-state index in [2.05, 4.69) is 15.1 Å². The molecule has 8 heteroatoms. The van der Waals surface area contributed by atoms with Gasteiger partial charge in [-0.3, -0.25) is 4.98 Å². The third kappa shape index (κ3) is 3.83. The summed E-state index contributed by atoms with van der Waals surface area (Å²) < 4.78 is 27.2. The van der Waals surface area contributed by atoms with Crippen LogP contribution in [0.25, 0.3) is 11.4 Å². The van der Waals surface area contributed by atoms with Crippen molar-refractivity contribution in [3.8, 4) is 11.4 Å². The highest BCUT2D eigenvalue weighted by atomic mass is 32.2. The average Bonchev–Trinajstić information content (AvgIpc) is 2.86. The van der Waals surface area contributed by atoms with Crippen molar-refractivity contribution in [3.63, 3.8) is 0 Å². The summed E-state index contributed by atoms with van der Waals surface area (Å²) in [6, 6.07) is 2.91. The molecule has 0 unspecified atom stereocenters. The molecule has 2 heterocycles. The minimum Gasteiger partial charge on any atom is -0.337 e. The molecule has 2 aromatic heterocycles. The van der Waals surface area contributed by atoms with Gasteiger partial charge in [0.15, 0.2) is 0 Å². The number of nitrogens with two attached hydrogens (primary N) is 1. The highest BCUT2D eigenvalue weighted by Crippen LogP contribution is 2.18. The summed E-state index contributed by atoms with van der Waals surface area (Å²) >= 11 is 0. The summed E-state index contributed by atoms with van der Waals surface area (Å²) in [5, 5.41) is 3.81. The third-order valence-corrected chi connectivity index (χ3v) is 3.47. The second-order valence-corrected chi connectivity index (χ2v) is 6.48. The fourth-order valence-electron chi connectivity index (χ4n) is 1.47. The fourth-order valence-corrected chi connectivity index (χ4v) is 2.15. The summed E-state index contributed by atoms with van der Waals surface area (Å²) in [6.45, 7) is 0. The van der Waals surface area contributed by atoms with Crippen molar-refractivity contribution >= 4 is 9.84 Å². The molecule has 0 amide bonds. The first-order valence-corrected chi connectivity index (χ1v) is 7.69. The second-order valence-electron chi connectivity index (χ2n) is 4.22. The minimum absolute atomic E-state index is 0.0128. The molecule has 2 N–H and O–H groups in total. The van der Waals surface area contributed by atoms with E-state index >= 15 is 0 Å². The maximum absolute atomic E-state index is 11.1. The lowest BCUT2D eigenvalue weighted by Gasteiger charge is -2.04. The van der Waals surface area contributed by atoms with E-state index in [1.165, 1.54) is 0 Å². The van der Waals surface area contributed by atoms with E-state index in [0.29, 0.717) is 5.82 Å². The van der Waals surface area contributed by atoms with Gasteiger partial charge in [-0.15, -0.1) is 0 Å². The first kappa shape index (κ1) is 13.6. The quantitative estimate of drug-likeness (QED) is 0.852. The standard InChI is InChI=1S/C11H14N4O3S/c1-19(16,17)7-4-9(12)11-14-10(15-18-11)8-2-5-13-6-3-8/h2-3,5-6,9H,4,7,12H2,1H3/t9-/m1/s1. The Labute approximate surface area is 110 Å². The molecule has 1 atom stereocenters. The average molecular weight is 282 g/mol. The predicted molar refractivity (Wildman–Crippen MR) is 68.8 cm³/mol. The molecule has 0 saturated carbocycles. The fraction of sp³-hybridized carbons (Fsp3) is 0.364. The number of pyridine rings is 1. The van der Waals surface area contributed by atoms with Crippen LogP contribution in [0, 0.1) is 0 Å². The molecule has 0 fully saturated rings. The molecule has 0 aliphatic carbocycles. The highest BCUT2D eigenvalue weighted by molar-refractivity contribution is 7.90. The van der Waals surface area contributed by atoms with Crippen LogP contribution < -0.4 is 5.73 Å². The van der Waals surface area contributed by atoms with E-state index in [1.54, 1.807) is 24.5 Å². The van der Waals surface area contributed by atoms with Crippen LogP contribution in [0.2, 0.25) is 0 Å². The molecule has 102 valence electrons. The normalized spacial score (nSPS) is 13.4. The Bertz CT molecular complexity index is 639. The van der Waals surface area contributed by atoms with E-state index in [-0.39, 0.29) is 18.1 Å². The summed E-state index contributed by atoms with van der Waals surface area (Å²) in [5.41, 5.74) is 6.58. The molecule has 19 heavy (non-hydrogen) atoms. The van der Waals surface area contributed by atoms with Crippen LogP contribution >= 0.6 is 0 Å². The van der Waals surface area contributed by atoms with Gasteiger partial charge in [-0.1, -0.05) is 5.16 Å². The van der Waals surface area contributed by atoms with Gasteiger partial charge in [0.1, 0.15) is 9.84 Å². The Morgan fingerprint density at radius 2 is 2.05 bits per heavy atom. The first-order valence-electron chi connectivity index (χ1n) is 5.63. The summed E-state index contributed by atoms with van der Waals surface area (Å²) in [4.78, 5) is 8.05. The van der Waals surface area contributed by atoms with Gasteiger partial charge in [0.2, 0.25) is 11.7 Å². The van der Waals surface area contributed by atoms with Crippen LogP contribution in [0.5, 0.6) is 0 Å². The summed E-state index contributed by atoms with van der Waals surface area (Å²) in [5.74, 6) is 0.629. The van der Waals surface area contributed by atoms with E-state index in [0.717, 1.165) is 11.8 Å². The van der Waals surface area contributed by atoms with Gasteiger partial charge in [0.25, 0.3) is 0 Å². The maximum Gasteiger partial charge on any atom is 0.243 e. The number of hydrogen-bond acceptors (Lipinski definition) is 7. The largest absolute Gasteiger partial charge is 0.337 e. The SMILES string of the molecule is CS(=O)(=O)CC[C@@H](N)c1nc(-c2ccncc2)no1. The zero-order chi connectivity index (χ0) is 13.9. The van der Waals surface area contributed by atoms with Crippen LogP contribution in [0.4, 0.5) is 0 Å². The van der Waals surface area contributed by atoms with Gasteiger partial charge in [0.05, 0.1) is 11.8 Å². The number of hydrogen-bond donors (Lipinski definition) is 1. The molecule has 0 saturated heterocycles. The Morgan fingerprint density at radius 3 is 2.68 bits per heavy atom. The Hall–Kier alpha value is -1.80. The number of nitrogens with zero attached hydrogens (tertiary/aromatic N) is 3. The molecule has 7 nitrogen and oxygen atoms in total. The van der Waals surface area contributed by atoms with Crippen molar-refractivity contribution in [2.45, 2.75) is 12.5 Å². The molecule has 2 rings (SSSR count). The Kier molecular flexibility index (Phi) is 3.91. The smallest absolute Gasteiger partial charge is 0.243 e. The second kappa shape index (κ2) is 5.45. The predicted octanol–water partition coefficient (Wildman–Crippen LogP) is 0.566. The molecule has 0 aliphatic rings. The van der Waals surface area contributed by atoms with Crippen LogP contribution in [-0.4, -0.2) is 35.6 Å². The topological polar surface area (TPSA) is 112 Å². The molecular weight excluding hydrogens is 268 g/mol. The Morgan fingerprint density at radius 1 is 1.37 bits per heavy atom. The van der Waals surface area contributed by atoms with Crippen LogP contribution in [0.3, 0.4) is 0 Å². The lowest BCUT2D eigenvalue weighted by atomic mass is 10.2. The molecule has 0 aromatic carbocycles. The third-order valence-electron chi connectivity index (χ3n) is 2.50. The molecule has 2 aromatic rings. The zero-order valence-electron chi connectivity index (χ0n) is 10.4. The lowest BCUT2D eigenvalue weighted by Crippen LogP contribution is -2.16. The van der Waals surface area contributed by atoms with Crippen LogP contribution in [0.15, 0.2) is 29.0 Å². The van der Waals surface area contributed by atoms with Crippen LogP contribution in [-0.2, 0) is 9.84 Å². The van der Waals surface area contributed by atoms with Crippen molar-refractivity contribution < 1.29 is 12.9 Å². The van der Waals surface area contributed by atoms with Gasteiger partial charge in [0, 0.05) is 24.2 Å². The lowest BCUT2D eigenvalue weighted by molar-refractivity contribution is 0.352. The number of sulfone groups is 1. The maximum atomic E-state index is 11.1. The van der Waals surface area contributed by atoms with Gasteiger partial charge in [-0.05, 0) is 18.6 Å². The van der Waals surface area contributed by atoms with Crippen LogP contribution in [0.1, 0.15) is 18.4 Å². The van der Waals surface area contributed by atoms with E-state index in [4.69, 9.17) is 10.3 Å². The van der Waals surface area contributed by atoms with E-state index < -0.39 is 15.9 Å². The van der Waals surface area contributed by atoms with Gasteiger partial charge >= 0.3 is 0 Å². The zero-order valence-corrected chi connectivity index (χ0v) is 11.2. The Balaban J connectivity index is 2.09. The number of rotatable bonds is 5. The molecule has 0 bridgehead atoms. The molecule has 0 aliphatic heterocycles. The van der Waals surface area contributed by atoms with Crippen molar-refractivity contribution in [1.29, 1.82) is 0 Å². The molecule has 0 radical (unpaired) electrons.